The molecule has 1 aromatic rings. The van der Waals surface area contributed by atoms with E-state index in [9.17, 15) is 13.2 Å². The summed E-state index contributed by atoms with van der Waals surface area (Å²) in [6.07, 6.45) is -3.66. The summed E-state index contributed by atoms with van der Waals surface area (Å²) in [5.74, 6) is -0.396. The van der Waals surface area contributed by atoms with Gasteiger partial charge in [0.25, 0.3) is 0 Å². The lowest BCUT2D eigenvalue weighted by molar-refractivity contribution is -0.275. The molecule has 0 atom stereocenters. The van der Waals surface area contributed by atoms with Gasteiger partial charge < -0.3 is 4.74 Å². The Morgan fingerprint density at radius 2 is 2.20 bits per heavy atom. The summed E-state index contributed by atoms with van der Waals surface area (Å²) in [6.45, 7) is 0. The second-order valence-electron chi connectivity index (χ2n) is 2.45. The molecule has 0 radical (unpaired) electrons. The van der Waals surface area contributed by atoms with Gasteiger partial charge in [0.15, 0.2) is 5.75 Å². The zero-order valence-electron chi connectivity index (χ0n) is 7.18. The first-order valence-electron chi connectivity index (χ1n) is 3.70. The van der Waals surface area contributed by atoms with E-state index < -0.39 is 12.1 Å². The molecule has 1 aromatic heterocycles. The summed E-state index contributed by atoms with van der Waals surface area (Å²) in [6, 6.07) is 3.10. The summed E-state index contributed by atoms with van der Waals surface area (Å²) in [5, 5.41) is 8.40. The predicted octanol–water partition coefficient (Wildman–Crippen LogP) is 2.65. The maximum atomic E-state index is 12.0. The topological polar surface area (TPSA) is 45.9 Å². The van der Waals surface area contributed by atoms with Crippen LogP contribution in [0, 0.1) is 14.9 Å². The van der Waals surface area contributed by atoms with Crippen molar-refractivity contribution in [3.8, 4) is 11.8 Å². The molecule has 0 aliphatic heterocycles. The molecule has 0 saturated carbocycles. The Labute approximate surface area is 97.0 Å². The molecule has 0 bridgehead atoms. The van der Waals surface area contributed by atoms with Crippen LogP contribution in [0.2, 0.25) is 0 Å². The van der Waals surface area contributed by atoms with E-state index in [4.69, 9.17) is 5.26 Å². The molecule has 0 aromatic carbocycles. The molecule has 7 heteroatoms. The van der Waals surface area contributed by atoms with Gasteiger partial charge in [0.05, 0.1) is 21.8 Å². The van der Waals surface area contributed by atoms with E-state index in [1.165, 1.54) is 12.3 Å². The number of halogens is 4. The lowest BCUT2D eigenvalue weighted by atomic mass is 10.2. The molecule has 1 heterocycles. The van der Waals surface area contributed by atoms with Crippen molar-refractivity contribution in [3.63, 3.8) is 0 Å². The molecule has 0 unspecified atom stereocenters. The standard InChI is InChI=1S/C8H4F3IN2O/c9-8(10,11)15-7-5(12)2-4-14-6(7)1-3-13/h2,4H,1H2. The molecule has 0 aliphatic rings. The minimum Gasteiger partial charge on any atom is -0.403 e. The molecular formula is C8H4F3IN2O. The average molecular weight is 328 g/mol. The quantitative estimate of drug-likeness (QED) is 0.784. The van der Waals surface area contributed by atoms with E-state index >= 15 is 0 Å². The van der Waals surface area contributed by atoms with Crippen molar-refractivity contribution in [2.24, 2.45) is 0 Å². The smallest absolute Gasteiger partial charge is 0.403 e. The van der Waals surface area contributed by atoms with Gasteiger partial charge >= 0.3 is 6.36 Å². The van der Waals surface area contributed by atoms with Crippen LogP contribution >= 0.6 is 22.6 Å². The fraction of sp³-hybridized carbons (Fsp3) is 0.250. The summed E-state index contributed by atoms with van der Waals surface area (Å²) in [5.41, 5.74) is -0.0123. The van der Waals surface area contributed by atoms with Gasteiger partial charge in [-0.05, 0) is 28.7 Å². The minimum absolute atomic E-state index is 0.0123. The molecule has 0 N–H and O–H groups in total. The molecule has 0 amide bonds. The van der Waals surface area contributed by atoms with E-state index in [-0.39, 0.29) is 15.7 Å². The Bertz CT molecular complexity index is 400. The fourth-order valence-electron chi connectivity index (χ4n) is 0.889. The summed E-state index contributed by atoms with van der Waals surface area (Å²) < 4.78 is 40.1. The lowest BCUT2D eigenvalue weighted by Gasteiger charge is -2.12. The molecular weight excluding hydrogens is 324 g/mol. The Morgan fingerprint density at radius 3 is 2.73 bits per heavy atom. The fourth-order valence-corrected chi connectivity index (χ4v) is 1.47. The first-order chi connectivity index (χ1) is 6.94. The number of rotatable bonds is 2. The minimum atomic E-state index is -4.77. The van der Waals surface area contributed by atoms with Gasteiger partial charge in [-0.25, -0.2) is 0 Å². The van der Waals surface area contributed by atoms with Crippen LogP contribution < -0.4 is 4.74 Å². The Hall–Kier alpha value is -1.04. The predicted molar refractivity (Wildman–Crippen MR) is 53.0 cm³/mol. The van der Waals surface area contributed by atoms with Gasteiger partial charge in [0.1, 0.15) is 0 Å². The lowest BCUT2D eigenvalue weighted by Crippen LogP contribution is -2.19. The molecule has 3 nitrogen and oxygen atoms in total. The number of aromatic nitrogens is 1. The van der Waals surface area contributed by atoms with Crippen LogP contribution in [0.15, 0.2) is 12.3 Å². The molecule has 0 fully saturated rings. The zero-order valence-corrected chi connectivity index (χ0v) is 9.33. The molecule has 0 spiro atoms. The number of hydrogen-bond acceptors (Lipinski definition) is 3. The highest BCUT2D eigenvalue weighted by Gasteiger charge is 2.33. The number of ether oxygens (including phenoxy) is 1. The van der Waals surface area contributed by atoms with Crippen molar-refractivity contribution in [2.45, 2.75) is 12.8 Å². The van der Waals surface area contributed by atoms with Gasteiger partial charge in [0, 0.05) is 6.20 Å². The van der Waals surface area contributed by atoms with Crippen LogP contribution in [0.4, 0.5) is 13.2 Å². The third kappa shape index (κ3) is 3.54. The molecule has 0 saturated heterocycles. The normalized spacial score (nSPS) is 10.9. The highest BCUT2D eigenvalue weighted by Crippen LogP contribution is 2.29. The van der Waals surface area contributed by atoms with E-state index in [0.717, 1.165) is 0 Å². The van der Waals surface area contributed by atoms with Crippen molar-refractivity contribution in [1.29, 1.82) is 5.26 Å². The van der Waals surface area contributed by atoms with E-state index in [2.05, 4.69) is 9.72 Å². The first kappa shape index (κ1) is 12.0. The highest BCUT2D eigenvalue weighted by molar-refractivity contribution is 14.1. The molecule has 1 rings (SSSR count). The number of nitrogens with zero attached hydrogens (tertiary/aromatic N) is 2. The van der Waals surface area contributed by atoms with Crippen molar-refractivity contribution in [3.05, 3.63) is 21.5 Å². The van der Waals surface area contributed by atoms with Gasteiger partial charge in [-0.2, -0.15) is 5.26 Å². The number of pyridine rings is 1. The van der Waals surface area contributed by atoms with Crippen LogP contribution in [0.5, 0.6) is 5.75 Å². The van der Waals surface area contributed by atoms with Gasteiger partial charge in [-0.3, -0.25) is 4.98 Å². The van der Waals surface area contributed by atoms with Crippen molar-refractivity contribution in [2.75, 3.05) is 0 Å². The summed E-state index contributed by atoms with van der Waals surface area (Å²) in [4.78, 5) is 3.66. The van der Waals surface area contributed by atoms with Gasteiger partial charge in [-0.15, -0.1) is 13.2 Å². The number of nitriles is 1. The Morgan fingerprint density at radius 1 is 1.53 bits per heavy atom. The third-order valence-electron chi connectivity index (χ3n) is 1.39. The Kier molecular flexibility index (Phi) is 3.73. The van der Waals surface area contributed by atoms with Crippen molar-refractivity contribution < 1.29 is 17.9 Å². The highest BCUT2D eigenvalue weighted by atomic mass is 127. The van der Waals surface area contributed by atoms with Crippen molar-refractivity contribution in [1.82, 2.24) is 4.98 Å². The SMILES string of the molecule is N#CCc1nccc(I)c1OC(F)(F)F. The van der Waals surface area contributed by atoms with Crippen molar-refractivity contribution >= 4 is 22.6 Å². The first-order valence-corrected chi connectivity index (χ1v) is 4.78. The van der Waals surface area contributed by atoms with E-state index in [0.29, 0.717) is 0 Å². The van der Waals surface area contributed by atoms with Crippen LogP contribution in [-0.2, 0) is 6.42 Å². The van der Waals surface area contributed by atoms with Crippen LogP contribution in [0.3, 0.4) is 0 Å². The summed E-state index contributed by atoms with van der Waals surface area (Å²) >= 11 is 1.69. The maximum absolute atomic E-state index is 12.0. The second kappa shape index (κ2) is 4.65. The Balaban J connectivity index is 3.09. The molecule has 15 heavy (non-hydrogen) atoms. The van der Waals surface area contributed by atoms with E-state index in [1.54, 1.807) is 28.7 Å². The number of alkyl halides is 3. The van der Waals surface area contributed by atoms with Gasteiger partial charge in [0.2, 0.25) is 0 Å². The third-order valence-corrected chi connectivity index (χ3v) is 2.24. The molecule has 80 valence electrons. The van der Waals surface area contributed by atoms with Crippen LogP contribution in [0.1, 0.15) is 5.69 Å². The maximum Gasteiger partial charge on any atom is 0.573 e. The largest absolute Gasteiger partial charge is 0.573 e. The van der Waals surface area contributed by atoms with Crippen LogP contribution in [0.25, 0.3) is 0 Å². The molecule has 0 aliphatic carbocycles. The van der Waals surface area contributed by atoms with Crippen LogP contribution in [-0.4, -0.2) is 11.3 Å². The van der Waals surface area contributed by atoms with Gasteiger partial charge in [-0.1, -0.05) is 0 Å². The number of hydrogen-bond donors (Lipinski definition) is 0. The second-order valence-corrected chi connectivity index (χ2v) is 3.61. The average Bonchev–Trinajstić information content (AvgIpc) is 2.10. The van der Waals surface area contributed by atoms with E-state index in [1.807, 2.05) is 0 Å². The summed E-state index contributed by atoms with van der Waals surface area (Å²) in [7, 11) is 0. The zero-order chi connectivity index (χ0) is 11.5. The monoisotopic (exact) mass is 328 g/mol.